The highest BCUT2D eigenvalue weighted by Crippen LogP contribution is 2.34. The molecule has 0 aliphatic rings. The first-order valence-electron chi connectivity index (χ1n) is 4.87. The van der Waals surface area contributed by atoms with Crippen molar-refractivity contribution in [1.29, 1.82) is 0 Å². The van der Waals surface area contributed by atoms with Crippen LogP contribution in [-0.2, 0) is 9.84 Å². The Morgan fingerprint density at radius 2 is 1.33 bits per heavy atom. The van der Waals surface area contributed by atoms with Crippen LogP contribution in [0, 0.1) is 0 Å². The van der Waals surface area contributed by atoms with E-state index in [2.05, 4.69) is 47.8 Å². The maximum Gasteiger partial charge on any atom is 0.207 e. The lowest BCUT2D eigenvalue weighted by Gasteiger charge is -2.08. The van der Waals surface area contributed by atoms with E-state index in [-0.39, 0.29) is 9.79 Å². The van der Waals surface area contributed by atoms with E-state index in [9.17, 15) is 8.42 Å². The minimum Gasteiger partial charge on any atom is -0.218 e. The molecule has 6 heteroatoms. The van der Waals surface area contributed by atoms with Gasteiger partial charge in [-0.15, -0.1) is 0 Å². The summed E-state index contributed by atoms with van der Waals surface area (Å²) in [6.45, 7) is 0. The first-order valence-corrected chi connectivity index (χ1v) is 8.74. The van der Waals surface area contributed by atoms with Crippen molar-refractivity contribution >= 4 is 57.6 Å². The van der Waals surface area contributed by atoms with Crippen molar-refractivity contribution in [3.8, 4) is 0 Å². The molecule has 0 saturated carbocycles. The van der Waals surface area contributed by atoms with Gasteiger partial charge in [-0.3, -0.25) is 0 Å². The van der Waals surface area contributed by atoms with Gasteiger partial charge in [0, 0.05) is 13.4 Å². The Morgan fingerprint density at radius 1 is 0.778 bits per heavy atom. The smallest absolute Gasteiger partial charge is 0.207 e. The van der Waals surface area contributed by atoms with Gasteiger partial charge in [0.1, 0.15) is 0 Å². The lowest BCUT2D eigenvalue weighted by Crippen LogP contribution is -2.03. The van der Waals surface area contributed by atoms with Crippen molar-refractivity contribution < 1.29 is 8.42 Å². The van der Waals surface area contributed by atoms with Crippen molar-refractivity contribution in [2.24, 2.45) is 0 Å². The van der Waals surface area contributed by atoms with E-state index in [1.54, 1.807) is 42.5 Å². The topological polar surface area (TPSA) is 34.1 Å². The van der Waals surface area contributed by atoms with Crippen molar-refractivity contribution in [3.05, 3.63) is 55.9 Å². The fourth-order valence-electron chi connectivity index (χ4n) is 1.44. The number of benzene rings is 2. The fraction of sp³-hybridized carbons (Fsp3) is 0. The molecule has 0 unspecified atom stereocenters. The van der Waals surface area contributed by atoms with Gasteiger partial charge in [0.25, 0.3) is 0 Å². The molecule has 18 heavy (non-hydrogen) atoms. The monoisotopic (exact) mass is 452 g/mol. The van der Waals surface area contributed by atoms with Gasteiger partial charge in [-0.2, -0.15) is 0 Å². The van der Waals surface area contributed by atoms with Crippen LogP contribution < -0.4 is 0 Å². The van der Waals surface area contributed by atoms with E-state index >= 15 is 0 Å². The van der Waals surface area contributed by atoms with E-state index in [1.807, 2.05) is 0 Å². The van der Waals surface area contributed by atoms with Crippen molar-refractivity contribution in [3.63, 3.8) is 0 Å². The quantitative estimate of drug-likeness (QED) is 0.610. The van der Waals surface area contributed by atoms with Crippen LogP contribution in [0.4, 0.5) is 0 Å². The molecule has 0 fully saturated rings. The fourth-order valence-corrected chi connectivity index (χ4v) is 4.92. The highest BCUT2D eigenvalue weighted by atomic mass is 79.9. The molecule has 0 amide bonds. The van der Waals surface area contributed by atoms with Crippen molar-refractivity contribution in [1.82, 2.24) is 0 Å². The van der Waals surface area contributed by atoms with Crippen LogP contribution >= 0.6 is 47.8 Å². The highest BCUT2D eigenvalue weighted by molar-refractivity contribution is 9.13. The van der Waals surface area contributed by atoms with Crippen LogP contribution in [0.1, 0.15) is 0 Å². The second-order valence-corrected chi connectivity index (χ2v) is 7.99. The Balaban J connectivity index is 2.66. The van der Waals surface area contributed by atoms with E-state index in [1.165, 1.54) is 0 Å². The molecule has 0 spiro atoms. The number of sulfone groups is 1. The van der Waals surface area contributed by atoms with Gasteiger partial charge in [0.05, 0.1) is 9.79 Å². The third-order valence-electron chi connectivity index (χ3n) is 2.32. The molecule has 2 aromatic rings. The molecule has 0 aliphatic carbocycles. The van der Waals surface area contributed by atoms with Crippen LogP contribution in [0.3, 0.4) is 0 Å². The zero-order valence-electron chi connectivity index (χ0n) is 8.90. The van der Waals surface area contributed by atoms with Crippen LogP contribution in [-0.4, -0.2) is 8.42 Å². The molecule has 0 bridgehead atoms. The first-order chi connectivity index (χ1) is 8.43. The van der Waals surface area contributed by atoms with Crippen LogP contribution in [0.5, 0.6) is 0 Å². The summed E-state index contributed by atoms with van der Waals surface area (Å²) in [5.41, 5.74) is 0. The Bertz CT molecular complexity index is 682. The van der Waals surface area contributed by atoms with Gasteiger partial charge in [-0.1, -0.05) is 18.2 Å². The van der Waals surface area contributed by atoms with Gasteiger partial charge in [-0.25, -0.2) is 8.42 Å². The number of rotatable bonds is 2. The maximum absolute atomic E-state index is 12.5. The van der Waals surface area contributed by atoms with Gasteiger partial charge in [0.15, 0.2) is 0 Å². The van der Waals surface area contributed by atoms with Crippen LogP contribution in [0.25, 0.3) is 0 Å². The normalized spacial score (nSPS) is 11.5. The van der Waals surface area contributed by atoms with E-state index < -0.39 is 9.84 Å². The molecule has 2 rings (SSSR count). The molecule has 2 aromatic carbocycles. The lowest BCUT2D eigenvalue weighted by atomic mass is 10.4. The van der Waals surface area contributed by atoms with Gasteiger partial charge in [-0.05, 0) is 72.1 Å². The standard InChI is InChI=1S/C12H7Br3O2S/c13-9-6-11(15)12(7-10(9)14)18(16,17)8-4-2-1-3-5-8/h1-7H. The summed E-state index contributed by atoms with van der Waals surface area (Å²) in [6, 6.07) is 11.6. The molecule has 0 N–H and O–H groups in total. The van der Waals surface area contributed by atoms with Crippen LogP contribution in [0.2, 0.25) is 0 Å². The van der Waals surface area contributed by atoms with E-state index in [0.717, 1.165) is 4.47 Å². The predicted octanol–water partition coefficient (Wildman–Crippen LogP) is 4.81. The minimum absolute atomic E-state index is 0.240. The zero-order chi connectivity index (χ0) is 13.3. The van der Waals surface area contributed by atoms with Crippen LogP contribution in [0.15, 0.2) is 65.7 Å². The first kappa shape index (κ1) is 14.2. The summed E-state index contributed by atoms with van der Waals surface area (Å²) in [6.07, 6.45) is 0. The zero-order valence-corrected chi connectivity index (χ0v) is 14.5. The van der Waals surface area contributed by atoms with Crippen molar-refractivity contribution in [2.75, 3.05) is 0 Å². The average Bonchev–Trinajstić information content (AvgIpc) is 2.34. The molecule has 0 aliphatic heterocycles. The van der Waals surface area contributed by atoms with E-state index in [4.69, 9.17) is 0 Å². The molecule has 0 radical (unpaired) electrons. The highest BCUT2D eigenvalue weighted by Gasteiger charge is 2.21. The van der Waals surface area contributed by atoms with Crippen molar-refractivity contribution in [2.45, 2.75) is 9.79 Å². The third kappa shape index (κ3) is 2.71. The molecule has 2 nitrogen and oxygen atoms in total. The number of halogens is 3. The van der Waals surface area contributed by atoms with Gasteiger partial charge >= 0.3 is 0 Å². The maximum atomic E-state index is 12.5. The molecular formula is C12H7Br3O2S. The second-order valence-electron chi connectivity index (χ2n) is 3.51. The largest absolute Gasteiger partial charge is 0.218 e. The Hall–Kier alpha value is -0.170. The summed E-state index contributed by atoms with van der Waals surface area (Å²) in [5, 5.41) is 0. The Labute approximate surface area is 131 Å². The van der Waals surface area contributed by atoms with Gasteiger partial charge in [0.2, 0.25) is 9.84 Å². The molecule has 0 atom stereocenters. The Kier molecular flexibility index (Phi) is 4.31. The summed E-state index contributed by atoms with van der Waals surface area (Å²) >= 11 is 9.93. The molecule has 0 heterocycles. The third-order valence-corrected chi connectivity index (χ3v) is 6.89. The average molecular weight is 455 g/mol. The minimum atomic E-state index is -3.51. The lowest BCUT2D eigenvalue weighted by molar-refractivity contribution is 0.595. The summed E-state index contributed by atoms with van der Waals surface area (Å²) < 4.78 is 26.9. The number of hydrogen-bond donors (Lipinski definition) is 0. The SMILES string of the molecule is O=S(=O)(c1ccccc1)c1cc(Br)c(Br)cc1Br. The summed E-state index contributed by atoms with van der Waals surface area (Å²) in [7, 11) is -3.51. The second kappa shape index (κ2) is 5.45. The van der Waals surface area contributed by atoms with E-state index in [0.29, 0.717) is 8.95 Å². The summed E-state index contributed by atoms with van der Waals surface area (Å²) in [5.74, 6) is 0. The molecular weight excluding hydrogens is 448 g/mol. The molecule has 94 valence electrons. The molecule has 0 aromatic heterocycles. The number of hydrogen-bond acceptors (Lipinski definition) is 2. The Morgan fingerprint density at radius 3 is 1.94 bits per heavy atom. The predicted molar refractivity (Wildman–Crippen MR) is 81.4 cm³/mol. The van der Waals surface area contributed by atoms with Gasteiger partial charge < -0.3 is 0 Å². The summed E-state index contributed by atoms with van der Waals surface area (Å²) in [4.78, 5) is 0.517. The molecule has 0 saturated heterocycles.